The molecule has 3 aromatic heterocycles. The molecule has 4 heterocycles. The third-order valence-electron chi connectivity index (χ3n) is 6.84. The minimum Gasteiger partial charge on any atom is -0.437 e. The molecule has 9 nitrogen and oxygen atoms in total. The average Bonchev–Trinajstić information content (AvgIpc) is 3.38. The molecule has 2 N–H and O–H groups in total. The largest absolute Gasteiger partial charge is 0.437 e. The summed E-state index contributed by atoms with van der Waals surface area (Å²) in [6, 6.07) is 19.3. The summed E-state index contributed by atoms with van der Waals surface area (Å²) in [5.74, 6) is 0.716. The summed E-state index contributed by atoms with van der Waals surface area (Å²) < 4.78 is 54.2. The topological polar surface area (TPSA) is 103 Å². The van der Waals surface area contributed by atoms with Gasteiger partial charge in [0.1, 0.15) is 29.6 Å². The third kappa shape index (κ3) is 5.98. The van der Waals surface area contributed by atoms with Crippen LogP contribution in [0.15, 0.2) is 73.1 Å². The third-order valence-corrected chi connectivity index (χ3v) is 7.69. The molecular formula is C29H26F3N7O2S. The van der Waals surface area contributed by atoms with E-state index in [1.807, 2.05) is 42.5 Å². The van der Waals surface area contributed by atoms with E-state index < -0.39 is 18.1 Å². The first-order chi connectivity index (χ1) is 20.2. The molecule has 0 radical (unpaired) electrons. The minimum atomic E-state index is -4.63. The van der Waals surface area contributed by atoms with Crippen molar-refractivity contribution >= 4 is 32.5 Å². The molecule has 5 aromatic rings. The molecule has 0 bridgehead atoms. The van der Waals surface area contributed by atoms with Gasteiger partial charge >= 0.3 is 6.18 Å². The molecule has 0 spiro atoms. The van der Waals surface area contributed by atoms with Crippen LogP contribution in [0.4, 0.5) is 24.1 Å². The molecule has 1 aliphatic heterocycles. The van der Waals surface area contributed by atoms with Gasteiger partial charge in [0, 0.05) is 38.3 Å². The van der Waals surface area contributed by atoms with Crippen molar-refractivity contribution in [1.82, 2.24) is 24.8 Å². The highest BCUT2D eigenvalue weighted by Crippen LogP contribution is 2.37. The van der Waals surface area contributed by atoms with Crippen molar-refractivity contribution in [2.24, 2.45) is 0 Å². The van der Waals surface area contributed by atoms with E-state index in [0.29, 0.717) is 53.9 Å². The van der Waals surface area contributed by atoms with Crippen LogP contribution < -0.4 is 15.4 Å². The number of hydrogen-bond acceptors (Lipinski definition) is 10. The average molecular weight is 594 g/mol. The number of para-hydroxylation sites is 1. The van der Waals surface area contributed by atoms with Gasteiger partial charge in [0.2, 0.25) is 5.88 Å². The smallest absolute Gasteiger partial charge is 0.433 e. The summed E-state index contributed by atoms with van der Waals surface area (Å²) in [6.07, 6.45) is -3.88. The lowest BCUT2D eigenvalue weighted by Crippen LogP contribution is -2.50. The molecule has 1 fully saturated rings. The number of thiazole rings is 1. The second-order valence-corrected chi connectivity index (χ2v) is 10.8. The molecule has 216 valence electrons. The Labute approximate surface area is 243 Å². The Morgan fingerprint density at radius 2 is 1.90 bits per heavy atom. The number of alkyl halides is 3. The van der Waals surface area contributed by atoms with E-state index in [1.54, 1.807) is 24.1 Å². The van der Waals surface area contributed by atoms with Crippen LogP contribution in [0.2, 0.25) is 0 Å². The summed E-state index contributed by atoms with van der Waals surface area (Å²) >= 11 is 1.33. The number of likely N-dealkylation sites (N-methyl/N-ethyl adjacent to an activating group) is 1. The standard InChI is InChI=1S/C29H26F3N7O2S/c1-38(25-16-39(12-13-40-25)15-18-6-3-2-4-7-18)27-19(10-11-23(36-27)29(30,31)32)20-14-24(35-17-34-20)41-21-8-5-9-22-26(21)37-28(33)42-22/h2-11,14,17,25H,12-13,15-16H2,1H3,(H2,33,37). The molecule has 1 saturated heterocycles. The Balaban J connectivity index is 1.31. The molecule has 0 saturated carbocycles. The van der Waals surface area contributed by atoms with Crippen molar-refractivity contribution in [2.45, 2.75) is 18.9 Å². The zero-order chi connectivity index (χ0) is 29.3. The summed E-state index contributed by atoms with van der Waals surface area (Å²) in [5.41, 5.74) is 7.30. The molecule has 0 aliphatic carbocycles. The van der Waals surface area contributed by atoms with Crippen molar-refractivity contribution in [2.75, 3.05) is 37.4 Å². The van der Waals surface area contributed by atoms with Gasteiger partial charge in [0.15, 0.2) is 10.9 Å². The Bertz CT molecular complexity index is 1700. The highest BCUT2D eigenvalue weighted by atomic mass is 32.1. The maximum absolute atomic E-state index is 13.8. The van der Waals surface area contributed by atoms with Gasteiger partial charge in [-0.3, -0.25) is 4.90 Å². The van der Waals surface area contributed by atoms with Gasteiger partial charge in [0.05, 0.1) is 17.0 Å². The molecule has 1 atom stereocenters. The van der Waals surface area contributed by atoms with Crippen LogP contribution in [0.1, 0.15) is 11.3 Å². The number of benzene rings is 2. The van der Waals surface area contributed by atoms with E-state index in [-0.39, 0.29) is 11.7 Å². The van der Waals surface area contributed by atoms with Crippen molar-refractivity contribution in [1.29, 1.82) is 0 Å². The Morgan fingerprint density at radius 3 is 2.71 bits per heavy atom. The van der Waals surface area contributed by atoms with Crippen LogP contribution in [0, 0.1) is 0 Å². The maximum atomic E-state index is 13.8. The number of nitrogens with two attached hydrogens (primary N) is 1. The van der Waals surface area contributed by atoms with Gasteiger partial charge in [-0.05, 0) is 29.8 Å². The van der Waals surface area contributed by atoms with Gasteiger partial charge < -0.3 is 20.1 Å². The SMILES string of the molecule is CN(c1nc(C(F)(F)F)ccc1-c1cc(Oc2cccc3sc(N)nc23)ncn1)C1CN(Cc2ccccc2)CCO1. The number of nitrogen functional groups attached to an aromatic ring is 1. The predicted molar refractivity (Wildman–Crippen MR) is 154 cm³/mol. The summed E-state index contributed by atoms with van der Waals surface area (Å²) in [4.78, 5) is 20.8. The van der Waals surface area contributed by atoms with Gasteiger partial charge in [-0.25, -0.2) is 19.9 Å². The molecule has 6 rings (SSSR count). The molecule has 1 unspecified atom stereocenters. The fraction of sp³-hybridized carbons (Fsp3) is 0.241. The molecule has 2 aromatic carbocycles. The van der Waals surface area contributed by atoms with E-state index in [2.05, 4.69) is 24.8 Å². The number of ether oxygens (including phenoxy) is 2. The highest BCUT2D eigenvalue weighted by Gasteiger charge is 2.35. The van der Waals surface area contributed by atoms with Gasteiger partial charge in [-0.2, -0.15) is 13.2 Å². The minimum absolute atomic E-state index is 0.0791. The van der Waals surface area contributed by atoms with E-state index in [0.717, 1.165) is 16.3 Å². The Hall–Kier alpha value is -4.33. The van der Waals surface area contributed by atoms with Crippen LogP contribution in [-0.2, 0) is 17.5 Å². The molecule has 1 aliphatic rings. The van der Waals surface area contributed by atoms with E-state index in [9.17, 15) is 13.2 Å². The molecular weight excluding hydrogens is 567 g/mol. The van der Waals surface area contributed by atoms with Crippen LogP contribution in [0.3, 0.4) is 0 Å². The second kappa shape index (κ2) is 11.5. The molecule has 0 amide bonds. The number of morpholine rings is 1. The zero-order valence-corrected chi connectivity index (χ0v) is 23.3. The maximum Gasteiger partial charge on any atom is 0.433 e. The molecule has 42 heavy (non-hydrogen) atoms. The summed E-state index contributed by atoms with van der Waals surface area (Å²) in [6.45, 7) is 2.30. The van der Waals surface area contributed by atoms with Gasteiger partial charge in [0.25, 0.3) is 0 Å². The lowest BCUT2D eigenvalue weighted by Gasteiger charge is -2.38. The van der Waals surface area contributed by atoms with E-state index in [4.69, 9.17) is 15.2 Å². The molecule has 13 heteroatoms. The normalized spacial score (nSPS) is 16.0. The van der Waals surface area contributed by atoms with Crippen molar-refractivity contribution < 1.29 is 22.6 Å². The quantitative estimate of drug-likeness (QED) is 0.249. The Kier molecular flexibility index (Phi) is 7.62. The zero-order valence-electron chi connectivity index (χ0n) is 22.5. The Morgan fingerprint density at radius 1 is 1.07 bits per heavy atom. The fourth-order valence-corrected chi connectivity index (χ4v) is 5.54. The van der Waals surface area contributed by atoms with E-state index >= 15 is 0 Å². The number of hydrogen-bond donors (Lipinski definition) is 1. The first kappa shape index (κ1) is 27.8. The number of fused-ring (bicyclic) bond motifs is 1. The van der Waals surface area contributed by atoms with Crippen LogP contribution >= 0.6 is 11.3 Å². The lowest BCUT2D eigenvalue weighted by atomic mass is 10.1. The number of rotatable bonds is 7. The predicted octanol–water partition coefficient (Wildman–Crippen LogP) is 5.84. The lowest BCUT2D eigenvalue weighted by molar-refractivity contribution is -0.141. The van der Waals surface area contributed by atoms with Crippen molar-refractivity contribution in [3.05, 3.63) is 84.3 Å². The summed E-state index contributed by atoms with van der Waals surface area (Å²) in [5, 5.41) is 0.403. The number of pyridine rings is 1. The first-order valence-electron chi connectivity index (χ1n) is 13.1. The van der Waals surface area contributed by atoms with Crippen molar-refractivity contribution in [3.8, 4) is 22.9 Å². The number of anilines is 2. The highest BCUT2D eigenvalue weighted by molar-refractivity contribution is 7.22. The monoisotopic (exact) mass is 593 g/mol. The van der Waals surface area contributed by atoms with Gasteiger partial charge in [-0.15, -0.1) is 0 Å². The van der Waals surface area contributed by atoms with Crippen LogP contribution in [0.5, 0.6) is 11.6 Å². The first-order valence-corrected chi connectivity index (χ1v) is 13.9. The van der Waals surface area contributed by atoms with Gasteiger partial charge in [-0.1, -0.05) is 47.7 Å². The number of halogens is 3. The fourth-order valence-electron chi connectivity index (χ4n) is 4.79. The summed E-state index contributed by atoms with van der Waals surface area (Å²) in [7, 11) is 1.68. The number of aromatic nitrogens is 4. The van der Waals surface area contributed by atoms with E-state index in [1.165, 1.54) is 23.7 Å². The van der Waals surface area contributed by atoms with Crippen LogP contribution in [0.25, 0.3) is 21.5 Å². The van der Waals surface area contributed by atoms with Crippen molar-refractivity contribution in [3.63, 3.8) is 0 Å². The number of nitrogens with zero attached hydrogens (tertiary/aromatic N) is 6. The van der Waals surface area contributed by atoms with Crippen LogP contribution in [-0.4, -0.2) is 57.8 Å². The second-order valence-electron chi connectivity index (χ2n) is 9.72.